The first-order valence-corrected chi connectivity index (χ1v) is 7.97. The van der Waals surface area contributed by atoms with Gasteiger partial charge in [-0.15, -0.1) is 0 Å². The third kappa shape index (κ3) is 4.03. The summed E-state index contributed by atoms with van der Waals surface area (Å²) >= 11 is 0. The molecule has 0 heterocycles. The molecule has 0 spiro atoms. The molecule has 0 aliphatic rings. The Morgan fingerprint density at radius 3 is 2.57 bits per heavy atom. The number of carbonyl (C=O) groups is 1. The average Bonchev–Trinajstić information content (AvgIpc) is 2.50. The molecule has 0 fully saturated rings. The fraction of sp³-hybridized carbons (Fsp3) is 0.429. The van der Waals surface area contributed by atoms with E-state index < -0.39 is 16.0 Å². The topological polar surface area (TPSA) is 87.5 Å². The van der Waals surface area contributed by atoms with Crippen molar-refractivity contribution < 1.29 is 17.9 Å². The summed E-state index contributed by atoms with van der Waals surface area (Å²) in [4.78, 5) is 11.6. The van der Waals surface area contributed by atoms with Gasteiger partial charge in [0.15, 0.2) is 0 Å². The van der Waals surface area contributed by atoms with E-state index in [0.29, 0.717) is 13.0 Å². The SMILES string of the molecule is CCCN(CCC#N)S(=O)(=O)c1ccccc1C(=O)OC. The summed E-state index contributed by atoms with van der Waals surface area (Å²) in [7, 11) is -2.64. The maximum atomic E-state index is 12.7. The molecule has 0 radical (unpaired) electrons. The molecule has 1 aromatic rings. The number of sulfonamides is 1. The van der Waals surface area contributed by atoms with Crippen LogP contribution in [0.25, 0.3) is 0 Å². The van der Waals surface area contributed by atoms with E-state index in [1.54, 1.807) is 12.1 Å². The molecule has 0 N–H and O–H groups in total. The van der Waals surface area contributed by atoms with Crippen molar-refractivity contribution in [2.24, 2.45) is 0 Å². The molecule has 0 saturated heterocycles. The van der Waals surface area contributed by atoms with Crippen LogP contribution in [0.5, 0.6) is 0 Å². The van der Waals surface area contributed by atoms with Gasteiger partial charge < -0.3 is 4.74 Å². The van der Waals surface area contributed by atoms with Crippen molar-refractivity contribution in [3.63, 3.8) is 0 Å². The molecule has 114 valence electrons. The molecule has 0 saturated carbocycles. The molecular weight excluding hydrogens is 292 g/mol. The lowest BCUT2D eigenvalue weighted by Gasteiger charge is -2.21. The van der Waals surface area contributed by atoms with Gasteiger partial charge in [-0.2, -0.15) is 9.57 Å². The second kappa shape index (κ2) is 7.76. The molecule has 0 amide bonds. The highest BCUT2D eigenvalue weighted by molar-refractivity contribution is 7.89. The lowest BCUT2D eigenvalue weighted by atomic mass is 10.2. The van der Waals surface area contributed by atoms with Gasteiger partial charge in [-0.05, 0) is 18.6 Å². The van der Waals surface area contributed by atoms with Crippen molar-refractivity contribution in [3.05, 3.63) is 29.8 Å². The number of carbonyl (C=O) groups excluding carboxylic acids is 1. The van der Waals surface area contributed by atoms with Crippen molar-refractivity contribution in [2.45, 2.75) is 24.7 Å². The van der Waals surface area contributed by atoms with E-state index in [2.05, 4.69) is 4.74 Å². The van der Waals surface area contributed by atoms with E-state index in [4.69, 9.17) is 5.26 Å². The smallest absolute Gasteiger partial charge is 0.339 e. The molecule has 6 nitrogen and oxygen atoms in total. The van der Waals surface area contributed by atoms with E-state index in [9.17, 15) is 13.2 Å². The van der Waals surface area contributed by atoms with E-state index in [1.807, 2.05) is 13.0 Å². The predicted molar refractivity (Wildman–Crippen MR) is 77.1 cm³/mol. The molecule has 0 aliphatic heterocycles. The van der Waals surface area contributed by atoms with Crippen LogP contribution in [0, 0.1) is 11.3 Å². The van der Waals surface area contributed by atoms with Crippen molar-refractivity contribution >= 4 is 16.0 Å². The van der Waals surface area contributed by atoms with Gasteiger partial charge in [-0.25, -0.2) is 13.2 Å². The number of nitriles is 1. The number of nitrogens with zero attached hydrogens (tertiary/aromatic N) is 2. The Morgan fingerprint density at radius 1 is 1.33 bits per heavy atom. The second-order valence-corrected chi connectivity index (χ2v) is 6.21. The zero-order chi connectivity index (χ0) is 15.9. The van der Waals surface area contributed by atoms with Crippen LogP contribution in [0.3, 0.4) is 0 Å². The molecule has 0 bridgehead atoms. The minimum Gasteiger partial charge on any atom is -0.465 e. The first kappa shape index (κ1) is 17.1. The van der Waals surface area contributed by atoms with E-state index in [1.165, 1.54) is 23.5 Å². The molecule has 1 rings (SSSR count). The summed E-state index contributed by atoms with van der Waals surface area (Å²) in [6, 6.07) is 7.84. The Labute approximate surface area is 125 Å². The summed E-state index contributed by atoms with van der Waals surface area (Å²) < 4.78 is 31.2. The van der Waals surface area contributed by atoms with Gasteiger partial charge in [0.1, 0.15) is 0 Å². The van der Waals surface area contributed by atoms with Crippen LogP contribution in [0.4, 0.5) is 0 Å². The molecular formula is C14H18N2O4S. The molecule has 21 heavy (non-hydrogen) atoms. The Bertz CT molecular complexity index is 635. The maximum Gasteiger partial charge on any atom is 0.339 e. The Kier molecular flexibility index (Phi) is 6.34. The van der Waals surface area contributed by atoms with Crippen LogP contribution in [-0.2, 0) is 14.8 Å². The second-order valence-electron chi connectivity index (χ2n) is 4.30. The van der Waals surface area contributed by atoms with Crippen LogP contribution in [0.1, 0.15) is 30.1 Å². The third-order valence-electron chi connectivity index (χ3n) is 2.86. The fourth-order valence-electron chi connectivity index (χ4n) is 1.89. The third-order valence-corrected chi connectivity index (χ3v) is 4.81. The molecule has 0 aromatic heterocycles. The number of hydrogen-bond donors (Lipinski definition) is 0. The molecule has 7 heteroatoms. The number of benzene rings is 1. The highest BCUT2D eigenvalue weighted by Crippen LogP contribution is 2.21. The van der Waals surface area contributed by atoms with Crippen LogP contribution in [0.15, 0.2) is 29.2 Å². The van der Waals surface area contributed by atoms with Crippen LogP contribution >= 0.6 is 0 Å². The summed E-state index contributed by atoms with van der Waals surface area (Å²) in [5.41, 5.74) is -0.00180. The Morgan fingerprint density at radius 2 is 2.00 bits per heavy atom. The Hall–Kier alpha value is -1.91. The van der Waals surface area contributed by atoms with Gasteiger partial charge in [0, 0.05) is 19.5 Å². The predicted octanol–water partition coefficient (Wildman–Crippen LogP) is 1.79. The van der Waals surface area contributed by atoms with Gasteiger partial charge in [-0.3, -0.25) is 0 Å². The van der Waals surface area contributed by atoms with Gasteiger partial charge >= 0.3 is 5.97 Å². The number of hydrogen-bond acceptors (Lipinski definition) is 5. The molecule has 0 aliphatic carbocycles. The maximum absolute atomic E-state index is 12.7. The summed E-state index contributed by atoms with van der Waals surface area (Å²) in [6.45, 7) is 2.24. The van der Waals surface area contributed by atoms with E-state index in [0.717, 1.165) is 0 Å². The van der Waals surface area contributed by atoms with Crippen LogP contribution in [-0.4, -0.2) is 38.9 Å². The quantitative estimate of drug-likeness (QED) is 0.716. The van der Waals surface area contributed by atoms with E-state index >= 15 is 0 Å². The number of esters is 1. The molecule has 0 atom stereocenters. The van der Waals surface area contributed by atoms with Crippen molar-refractivity contribution in [1.29, 1.82) is 5.26 Å². The standard InChI is InChI=1S/C14H18N2O4S/c1-3-10-16(11-6-9-15)21(18,19)13-8-5-4-7-12(13)14(17)20-2/h4-5,7-8H,3,6,10-11H2,1-2H3. The average molecular weight is 310 g/mol. The number of methoxy groups -OCH3 is 1. The van der Waals surface area contributed by atoms with E-state index in [-0.39, 0.29) is 23.4 Å². The Balaban J connectivity index is 3.28. The minimum absolute atomic E-state index is 0.00180. The van der Waals surface area contributed by atoms with Crippen LogP contribution in [0.2, 0.25) is 0 Å². The normalized spacial score (nSPS) is 11.1. The summed E-state index contributed by atoms with van der Waals surface area (Å²) in [5, 5.41) is 8.65. The minimum atomic E-state index is -3.84. The lowest BCUT2D eigenvalue weighted by Crippen LogP contribution is -2.33. The highest BCUT2D eigenvalue weighted by atomic mass is 32.2. The number of ether oxygens (including phenoxy) is 1. The lowest BCUT2D eigenvalue weighted by molar-refractivity contribution is 0.0596. The van der Waals surface area contributed by atoms with Gasteiger partial charge in [0.25, 0.3) is 0 Å². The highest BCUT2D eigenvalue weighted by Gasteiger charge is 2.28. The van der Waals surface area contributed by atoms with Gasteiger partial charge in [0.2, 0.25) is 10.0 Å². The largest absolute Gasteiger partial charge is 0.465 e. The summed E-state index contributed by atoms with van der Waals surface area (Å²) in [5.74, 6) is -0.703. The number of rotatable bonds is 7. The van der Waals surface area contributed by atoms with Crippen molar-refractivity contribution in [1.82, 2.24) is 4.31 Å². The van der Waals surface area contributed by atoms with Gasteiger partial charge in [-0.1, -0.05) is 19.1 Å². The first-order valence-electron chi connectivity index (χ1n) is 6.53. The van der Waals surface area contributed by atoms with Crippen molar-refractivity contribution in [3.8, 4) is 6.07 Å². The van der Waals surface area contributed by atoms with Crippen LogP contribution < -0.4 is 0 Å². The zero-order valence-corrected chi connectivity index (χ0v) is 12.9. The molecule has 1 aromatic carbocycles. The fourth-order valence-corrected chi connectivity index (χ4v) is 3.60. The van der Waals surface area contributed by atoms with Gasteiger partial charge in [0.05, 0.1) is 23.6 Å². The van der Waals surface area contributed by atoms with Crippen molar-refractivity contribution in [2.75, 3.05) is 20.2 Å². The monoisotopic (exact) mass is 310 g/mol. The first-order chi connectivity index (χ1) is 9.98. The zero-order valence-electron chi connectivity index (χ0n) is 12.1. The molecule has 0 unspecified atom stereocenters. The summed E-state index contributed by atoms with van der Waals surface area (Å²) in [6.07, 6.45) is 0.713.